The number of nitrogens with zero attached hydrogens (tertiary/aromatic N) is 2. The van der Waals surface area contributed by atoms with E-state index in [0.29, 0.717) is 11.9 Å². The first-order valence-electron chi connectivity index (χ1n) is 4.13. The molecule has 1 aromatic heterocycles. The summed E-state index contributed by atoms with van der Waals surface area (Å²) >= 11 is 0. The van der Waals surface area contributed by atoms with Crippen molar-refractivity contribution in [3.63, 3.8) is 0 Å². The first-order chi connectivity index (χ1) is 6.27. The lowest BCUT2D eigenvalue weighted by Crippen LogP contribution is -2.05. The zero-order valence-corrected chi connectivity index (χ0v) is 8.16. The standard InChI is InChI=1S/C8H9N3O2.ClH/c12-11(13)7-2-1-5-9-8(7)10-6-3-4-6;/h1-2,5-6H,3-4H2,(H,9,10);1H. The number of nitrogens with one attached hydrogen (secondary N) is 1. The van der Waals surface area contributed by atoms with Crippen LogP contribution in [-0.2, 0) is 0 Å². The number of aromatic nitrogens is 1. The summed E-state index contributed by atoms with van der Waals surface area (Å²) in [6, 6.07) is 3.40. The van der Waals surface area contributed by atoms with Gasteiger partial charge in [-0.25, -0.2) is 4.98 Å². The molecule has 0 unspecified atom stereocenters. The second-order valence-corrected chi connectivity index (χ2v) is 3.05. The predicted octanol–water partition coefficient (Wildman–Crippen LogP) is 1.99. The van der Waals surface area contributed by atoms with Gasteiger partial charge in [0.15, 0.2) is 0 Å². The van der Waals surface area contributed by atoms with Crippen molar-refractivity contribution in [2.45, 2.75) is 18.9 Å². The second-order valence-electron chi connectivity index (χ2n) is 3.05. The third-order valence-corrected chi connectivity index (χ3v) is 1.90. The van der Waals surface area contributed by atoms with Crippen LogP contribution in [0.5, 0.6) is 0 Å². The Bertz CT molecular complexity index is 341. The zero-order chi connectivity index (χ0) is 9.26. The van der Waals surface area contributed by atoms with Gasteiger partial charge in [-0.1, -0.05) is 0 Å². The maximum atomic E-state index is 10.5. The fourth-order valence-electron chi connectivity index (χ4n) is 1.08. The fraction of sp³-hybridized carbons (Fsp3) is 0.375. The Labute approximate surface area is 87.1 Å². The van der Waals surface area contributed by atoms with E-state index in [9.17, 15) is 10.1 Å². The van der Waals surface area contributed by atoms with E-state index < -0.39 is 4.92 Å². The summed E-state index contributed by atoms with van der Waals surface area (Å²) in [5.41, 5.74) is 0.0504. The molecule has 1 aliphatic rings. The maximum absolute atomic E-state index is 10.5. The summed E-state index contributed by atoms with van der Waals surface area (Å²) in [5, 5.41) is 13.6. The van der Waals surface area contributed by atoms with Gasteiger partial charge in [-0.2, -0.15) is 0 Å². The predicted molar refractivity (Wildman–Crippen MR) is 54.8 cm³/mol. The van der Waals surface area contributed by atoms with E-state index >= 15 is 0 Å². The lowest BCUT2D eigenvalue weighted by molar-refractivity contribution is -0.384. The summed E-state index contributed by atoms with van der Waals surface area (Å²) in [7, 11) is 0. The van der Waals surface area contributed by atoms with Crippen molar-refractivity contribution >= 4 is 23.9 Å². The highest BCUT2D eigenvalue weighted by Crippen LogP contribution is 2.28. The van der Waals surface area contributed by atoms with Gasteiger partial charge in [0, 0.05) is 18.3 Å². The first-order valence-corrected chi connectivity index (χ1v) is 4.13. The van der Waals surface area contributed by atoms with E-state index in [1.54, 1.807) is 12.3 Å². The van der Waals surface area contributed by atoms with Crippen molar-refractivity contribution in [1.82, 2.24) is 4.98 Å². The zero-order valence-electron chi connectivity index (χ0n) is 7.34. The minimum absolute atomic E-state index is 0. The van der Waals surface area contributed by atoms with Gasteiger partial charge in [-0.3, -0.25) is 10.1 Å². The number of nitro groups is 1. The molecule has 0 amide bonds. The van der Waals surface area contributed by atoms with E-state index in [0.717, 1.165) is 12.8 Å². The lowest BCUT2D eigenvalue weighted by Gasteiger charge is -2.02. The highest BCUT2D eigenvalue weighted by Gasteiger charge is 2.25. The van der Waals surface area contributed by atoms with Crippen LogP contribution in [0.1, 0.15) is 12.8 Å². The molecule has 1 saturated carbocycles. The molecule has 1 N–H and O–H groups in total. The third-order valence-electron chi connectivity index (χ3n) is 1.90. The molecule has 14 heavy (non-hydrogen) atoms. The molecule has 1 aromatic rings. The molecular formula is C8H10ClN3O2. The Hall–Kier alpha value is -1.36. The van der Waals surface area contributed by atoms with Crippen molar-refractivity contribution < 1.29 is 4.92 Å². The molecule has 0 radical (unpaired) electrons. The van der Waals surface area contributed by atoms with Crippen LogP contribution >= 0.6 is 12.4 Å². The molecule has 0 aliphatic heterocycles. The Morgan fingerprint density at radius 3 is 2.86 bits per heavy atom. The van der Waals surface area contributed by atoms with Crippen molar-refractivity contribution in [2.75, 3.05) is 5.32 Å². The van der Waals surface area contributed by atoms with Gasteiger partial charge in [-0.15, -0.1) is 12.4 Å². The van der Waals surface area contributed by atoms with E-state index in [1.165, 1.54) is 6.07 Å². The first kappa shape index (κ1) is 10.7. The Morgan fingerprint density at radius 1 is 1.57 bits per heavy atom. The SMILES string of the molecule is Cl.O=[N+]([O-])c1cccnc1NC1CC1. The molecule has 6 heteroatoms. The average Bonchev–Trinajstić information content (AvgIpc) is 2.89. The van der Waals surface area contributed by atoms with E-state index in [2.05, 4.69) is 10.3 Å². The average molecular weight is 216 g/mol. The van der Waals surface area contributed by atoms with Gasteiger partial charge in [0.25, 0.3) is 0 Å². The van der Waals surface area contributed by atoms with Gasteiger partial charge >= 0.3 is 5.69 Å². The van der Waals surface area contributed by atoms with Crippen LogP contribution in [0, 0.1) is 10.1 Å². The highest BCUT2D eigenvalue weighted by atomic mass is 35.5. The molecule has 0 atom stereocenters. The molecule has 0 spiro atoms. The molecule has 1 fully saturated rings. The Morgan fingerprint density at radius 2 is 2.29 bits per heavy atom. The van der Waals surface area contributed by atoms with Crippen LogP contribution in [0.2, 0.25) is 0 Å². The molecule has 0 aromatic carbocycles. The van der Waals surface area contributed by atoms with Crippen molar-refractivity contribution in [3.8, 4) is 0 Å². The summed E-state index contributed by atoms with van der Waals surface area (Å²) in [5.74, 6) is 0.384. The maximum Gasteiger partial charge on any atom is 0.311 e. The topological polar surface area (TPSA) is 68.1 Å². The lowest BCUT2D eigenvalue weighted by atomic mass is 10.4. The molecule has 5 nitrogen and oxygen atoms in total. The Kier molecular flexibility index (Phi) is 3.24. The number of pyridine rings is 1. The monoisotopic (exact) mass is 215 g/mol. The van der Waals surface area contributed by atoms with Gasteiger partial charge in [0.05, 0.1) is 4.92 Å². The van der Waals surface area contributed by atoms with Gasteiger partial charge in [0.2, 0.25) is 5.82 Å². The summed E-state index contributed by atoms with van der Waals surface area (Å²) < 4.78 is 0. The second kappa shape index (κ2) is 4.23. The molecular weight excluding hydrogens is 206 g/mol. The smallest absolute Gasteiger partial charge is 0.311 e. The molecule has 0 bridgehead atoms. The summed E-state index contributed by atoms with van der Waals surface area (Å²) in [6.07, 6.45) is 3.71. The van der Waals surface area contributed by atoms with Crippen LogP contribution in [0.15, 0.2) is 18.3 Å². The van der Waals surface area contributed by atoms with E-state index in [4.69, 9.17) is 0 Å². The third kappa shape index (κ3) is 2.32. The fourth-order valence-corrected chi connectivity index (χ4v) is 1.08. The van der Waals surface area contributed by atoms with E-state index in [-0.39, 0.29) is 18.1 Å². The number of halogens is 1. The largest absolute Gasteiger partial charge is 0.362 e. The molecule has 0 saturated heterocycles. The highest BCUT2D eigenvalue weighted by molar-refractivity contribution is 5.85. The number of hydrogen-bond donors (Lipinski definition) is 1. The van der Waals surface area contributed by atoms with Crippen LogP contribution in [0.3, 0.4) is 0 Å². The summed E-state index contributed by atoms with van der Waals surface area (Å²) in [4.78, 5) is 14.1. The van der Waals surface area contributed by atoms with Crippen LogP contribution in [0.4, 0.5) is 11.5 Å². The quantitative estimate of drug-likeness (QED) is 0.619. The minimum atomic E-state index is -0.419. The molecule has 1 aliphatic carbocycles. The molecule has 2 rings (SSSR count). The van der Waals surface area contributed by atoms with E-state index in [1.807, 2.05) is 0 Å². The number of rotatable bonds is 3. The van der Waals surface area contributed by atoms with Crippen molar-refractivity contribution in [1.29, 1.82) is 0 Å². The van der Waals surface area contributed by atoms with Crippen LogP contribution < -0.4 is 5.32 Å². The van der Waals surface area contributed by atoms with Gasteiger partial charge in [0.1, 0.15) is 0 Å². The molecule has 1 heterocycles. The van der Waals surface area contributed by atoms with Crippen LogP contribution in [-0.4, -0.2) is 15.9 Å². The van der Waals surface area contributed by atoms with Crippen molar-refractivity contribution in [3.05, 3.63) is 28.4 Å². The number of hydrogen-bond acceptors (Lipinski definition) is 4. The minimum Gasteiger partial charge on any atom is -0.362 e. The van der Waals surface area contributed by atoms with Crippen molar-refractivity contribution in [2.24, 2.45) is 0 Å². The van der Waals surface area contributed by atoms with Gasteiger partial charge in [-0.05, 0) is 18.9 Å². The normalized spacial score (nSPS) is 14.3. The molecule has 76 valence electrons. The van der Waals surface area contributed by atoms with Crippen LogP contribution in [0.25, 0.3) is 0 Å². The number of anilines is 1. The van der Waals surface area contributed by atoms with Gasteiger partial charge < -0.3 is 5.32 Å². The Balaban J connectivity index is 0.000000980. The summed E-state index contributed by atoms with van der Waals surface area (Å²) in [6.45, 7) is 0.